The molecule has 1 fully saturated rings. The molecule has 2 rings (SSSR count). The largest absolute Gasteiger partial charge is 0.359 e. The molecule has 78 valence electrons. The average molecular weight is 210 g/mol. The molecule has 1 atom stereocenters. The van der Waals surface area contributed by atoms with Crippen LogP contribution < -0.4 is 5.32 Å². The molecule has 1 saturated carbocycles. The van der Waals surface area contributed by atoms with Crippen molar-refractivity contribution in [1.29, 1.82) is 5.26 Å². The van der Waals surface area contributed by atoms with Gasteiger partial charge in [0.1, 0.15) is 6.07 Å². The number of nitrogens with zero attached hydrogens (tertiary/aromatic N) is 3. The molecule has 0 bridgehead atoms. The number of alkyl halides is 2. The monoisotopic (exact) mass is 210 g/mol. The molecular formula is C9H8F2N4. The first-order valence-corrected chi connectivity index (χ1v) is 4.49. The number of aromatic nitrogens is 2. The Labute approximate surface area is 85.0 Å². The molecule has 1 heterocycles. The molecule has 1 N–H and O–H groups in total. The van der Waals surface area contributed by atoms with Gasteiger partial charge in [0.15, 0.2) is 11.5 Å². The zero-order chi connectivity index (χ0) is 10.9. The summed E-state index contributed by atoms with van der Waals surface area (Å²) in [6.45, 7) is 0. The van der Waals surface area contributed by atoms with E-state index in [0.717, 1.165) is 0 Å². The summed E-state index contributed by atoms with van der Waals surface area (Å²) in [4.78, 5) is 7.53. The van der Waals surface area contributed by atoms with Crippen LogP contribution in [0.15, 0.2) is 12.4 Å². The molecule has 1 aliphatic carbocycles. The highest BCUT2D eigenvalue weighted by Crippen LogP contribution is 2.39. The van der Waals surface area contributed by atoms with Gasteiger partial charge >= 0.3 is 0 Å². The van der Waals surface area contributed by atoms with E-state index < -0.39 is 12.0 Å². The van der Waals surface area contributed by atoms with Crippen LogP contribution in [0.25, 0.3) is 0 Å². The maximum Gasteiger partial charge on any atom is 0.267 e. The Morgan fingerprint density at radius 1 is 1.47 bits per heavy atom. The third-order valence-corrected chi connectivity index (χ3v) is 2.39. The van der Waals surface area contributed by atoms with Crippen LogP contribution in [0.2, 0.25) is 0 Å². The van der Waals surface area contributed by atoms with Crippen LogP contribution in [0, 0.1) is 11.3 Å². The SMILES string of the molecule is N#Cc1nccnc1N[C@H]1CCC1(F)F. The van der Waals surface area contributed by atoms with E-state index in [2.05, 4.69) is 15.3 Å². The molecule has 1 aliphatic rings. The first kappa shape index (κ1) is 9.77. The van der Waals surface area contributed by atoms with Gasteiger partial charge < -0.3 is 5.32 Å². The molecule has 1 aromatic heterocycles. The van der Waals surface area contributed by atoms with Gasteiger partial charge in [-0.25, -0.2) is 18.7 Å². The smallest absolute Gasteiger partial charge is 0.267 e. The van der Waals surface area contributed by atoms with Crippen molar-refractivity contribution >= 4 is 5.82 Å². The fourth-order valence-corrected chi connectivity index (χ4v) is 1.38. The molecule has 6 heteroatoms. The van der Waals surface area contributed by atoms with Crippen molar-refractivity contribution in [2.75, 3.05) is 5.32 Å². The average Bonchev–Trinajstić information content (AvgIpc) is 2.25. The molecule has 0 radical (unpaired) electrons. The highest BCUT2D eigenvalue weighted by molar-refractivity contribution is 5.48. The summed E-state index contributed by atoms with van der Waals surface area (Å²) in [7, 11) is 0. The summed E-state index contributed by atoms with van der Waals surface area (Å²) >= 11 is 0. The summed E-state index contributed by atoms with van der Waals surface area (Å²) in [5.41, 5.74) is 0.0419. The van der Waals surface area contributed by atoms with Crippen molar-refractivity contribution in [1.82, 2.24) is 9.97 Å². The summed E-state index contributed by atoms with van der Waals surface area (Å²) in [5, 5.41) is 11.2. The second-order valence-electron chi connectivity index (χ2n) is 3.36. The van der Waals surface area contributed by atoms with Crippen molar-refractivity contribution in [3.8, 4) is 6.07 Å². The number of hydrogen-bond acceptors (Lipinski definition) is 4. The Kier molecular flexibility index (Phi) is 2.23. The molecule has 4 nitrogen and oxygen atoms in total. The lowest BCUT2D eigenvalue weighted by Crippen LogP contribution is -2.49. The van der Waals surface area contributed by atoms with Gasteiger partial charge in [0.25, 0.3) is 5.92 Å². The predicted octanol–water partition coefficient (Wildman–Crippen LogP) is 1.56. The van der Waals surface area contributed by atoms with Crippen molar-refractivity contribution in [3.63, 3.8) is 0 Å². The Morgan fingerprint density at radius 2 is 2.20 bits per heavy atom. The van der Waals surface area contributed by atoms with E-state index in [1.54, 1.807) is 6.07 Å². The van der Waals surface area contributed by atoms with Gasteiger partial charge in [-0.1, -0.05) is 0 Å². The number of nitriles is 1. The minimum absolute atomic E-state index is 0.0419. The van der Waals surface area contributed by atoms with E-state index in [1.165, 1.54) is 12.4 Å². The number of halogens is 2. The molecule has 0 saturated heterocycles. The van der Waals surface area contributed by atoms with E-state index in [-0.39, 0.29) is 17.9 Å². The van der Waals surface area contributed by atoms with Crippen LogP contribution in [0.4, 0.5) is 14.6 Å². The maximum atomic E-state index is 12.9. The van der Waals surface area contributed by atoms with Crippen LogP contribution in [-0.2, 0) is 0 Å². The Hall–Kier alpha value is -1.77. The lowest BCUT2D eigenvalue weighted by molar-refractivity contribution is -0.0846. The highest BCUT2D eigenvalue weighted by atomic mass is 19.3. The van der Waals surface area contributed by atoms with E-state index in [9.17, 15) is 8.78 Å². The first-order chi connectivity index (χ1) is 7.13. The molecule has 0 aromatic carbocycles. The minimum atomic E-state index is -2.70. The van der Waals surface area contributed by atoms with Crippen LogP contribution in [0.5, 0.6) is 0 Å². The van der Waals surface area contributed by atoms with Gasteiger partial charge in [0, 0.05) is 18.8 Å². The predicted molar refractivity (Wildman–Crippen MR) is 48.3 cm³/mol. The second kappa shape index (κ2) is 3.42. The van der Waals surface area contributed by atoms with Crippen LogP contribution in [0.3, 0.4) is 0 Å². The third-order valence-electron chi connectivity index (χ3n) is 2.39. The summed E-state index contributed by atoms with van der Waals surface area (Å²) in [6.07, 6.45) is 2.98. The van der Waals surface area contributed by atoms with Gasteiger partial charge in [-0.2, -0.15) is 5.26 Å². The van der Waals surface area contributed by atoms with E-state index >= 15 is 0 Å². The molecule has 15 heavy (non-hydrogen) atoms. The number of anilines is 1. The van der Waals surface area contributed by atoms with Gasteiger partial charge in [0.2, 0.25) is 0 Å². The minimum Gasteiger partial charge on any atom is -0.359 e. The molecule has 0 spiro atoms. The Morgan fingerprint density at radius 3 is 2.73 bits per heavy atom. The normalized spacial score (nSPS) is 22.6. The van der Waals surface area contributed by atoms with E-state index in [4.69, 9.17) is 5.26 Å². The van der Waals surface area contributed by atoms with Crippen molar-refractivity contribution in [2.45, 2.75) is 24.8 Å². The third kappa shape index (κ3) is 1.73. The summed E-state index contributed by atoms with van der Waals surface area (Å²) in [5.74, 6) is -2.58. The van der Waals surface area contributed by atoms with E-state index in [0.29, 0.717) is 6.42 Å². The fourth-order valence-electron chi connectivity index (χ4n) is 1.38. The Bertz CT molecular complexity index is 413. The summed E-state index contributed by atoms with van der Waals surface area (Å²) in [6, 6.07) is 0.866. The van der Waals surface area contributed by atoms with Crippen LogP contribution in [-0.4, -0.2) is 21.9 Å². The number of rotatable bonds is 2. The van der Waals surface area contributed by atoms with Gasteiger partial charge in [0.05, 0.1) is 6.04 Å². The van der Waals surface area contributed by atoms with Gasteiger partial charge in [-0.15, -0.1) is 0 Å². The van der Waals surface area contributed by atoms with Crippen molar-refractivity contribution in [2.24, 2.45) is 0 Å². The topological polar surface area (TPSA) is 61.6 Å². The number of hydrogen-bond donors (Lipinski definition) is 1. The number of nitrogens with one attached hydrogen (secondary N) is 1. The zero-order valence-electron chi connectivity index (χ0n) is 7.74. The fraction of sp³-hybridized carbons (Fsp3) is 0.444. The second-order valence-corrected chi connectivity index (χ2v) is 3.36. The first-order valence-electron chi connectivity index (χ1n) is 4.49. The molecular weight excluding hydrogens is 202 g/mol. The molecule has 1 aromatic rings. The van der Waals surface area contributed by atoms with E-state index in [1.807, 2.05) is 0 Å². The lowest BCUT2D eigenvalue weighted by Gasteiger charge is -2.36. The van der Waals surface area contributed by atoms with Gasteiger partial charge in [-0.05, 0) is 6.42 Å². The lowest BCUT2D eigenvalue weighted by atomic mass is 9.88. The van der Waals surface area contributed by atoms with Crippen LogP contribution in [0.1, 0.15) is 18.5 Å². The van der Waals surface area contributed by atoms with Crippen molar-refractivity contribution < 1.29 is 8.78 Å². The highest BCUT2D eigenvalue weighted by Gasteiger charge is 2.48. The van der Waals surface area contributed by atoms with Crippen LogP contribution >= 0.6 is 0 Å². The standard InChI is InChI=1S/C9H8F2N4/c10-9(11)2-1-7(9)15-8-6(5-12)13-3-4-14-8/h3-4,7H,1-2H2,(H,14,15)/t7-/m0/s1. The molecule has 0 unspecified atom stereocenters. The maximum absolute atomic E-state index is 12.9. The van der Waals surface area contributed by atoms with Crippen molar-refractivity contribution in [3.05, 3.63) is 18.1 Å². The quantitative estimate of drug-likeness (QED) is 0.804. The Balaban J connectivity index is 2.15. The van der Waals surface area contributed by atoms with Gasteiger partial charge in [-0.3, -0.25) is 0 Å². The molecule has 0 amide bonds. The zero-order valence-corrected chi connectivity index (χ0v) is 7.74. The molecule has 0 aliphatic heterocycles. The summed E-state index contributed by atoms with van der Waals surface area (Å²) < 4.78 is 25.9.